The molecule has 2 aromatic carbocycles. The van der Waals surface area contributed by atoms with E-state index in [0.717, 1.165) is 47.6 Å². The first-order valence-corrected chi connectivity index (χ1v) is 10.2. The third kappa shape index (κ3) is 3.53. The molecule has 1 amide bonds. The monoisotopic (exact) mass is 390 g/mol. The van der Waals surface area contributed by atoms with Crippen molar-refractivity contribution in [3.8, 4) is 5.75 Å². The van der Waals surface area contributed by atoms with E-state index >= 15 is 0 Å². The number of amides is 1. The Morgan fingerprint density at radius 2 is 1.90 bits per heavy atom. The van der Waals surface area contributed by atoms with E-state index in [1.807, 2.05) is 60.4 Å². The zero-order chi connectivity index (χ0) is 20.4. The fourth-order valence-electron chi connectivity index (χ4n) is 4.25. The van der Waals surface area contributed by atoms with Gasteiger partial charge < -0.3 is 10.1 Å². The van der Waals surface area contributed by atoms with Gasteiger partial charge in [-0.05, 0) is 49.1 Å². The van der Waals surface area contributed by atoms with E-state index in [1.54, 1.807) is 7.11 Å². The Kier molecular flexibility index (Phi) is 5.38. The first-order chi connectivity index (χ1) is 14.1. The van der Waals surface area contributed by atoms with Gasteiger partial charge in [-0.15, -0.1) is 0 Å². The van der Waals surface area contributed by atoms with Crippen LogP contribution in [0, 0.1) is 0 Å². The van der Waals surface area contributed by atoms with Crippen LogP contribution in [0.4, 0.5) is 11.4 Å². The summed E-state index contributed by atoms with van der Waals surface area (Å²) in [5.41, 5.74) is 4.24. The molecule has 150 valence electrons. The molecule has 1 aliphatic heterocycles. The fourth-order valence-corrected chi connectivity index (χ4v) is 4.25. The zero-order valence-corrected chi connectivity index (χ0v) is 16.9. The molecule has 1 N–H and O–H groups in total. The summed E-state index contributed by atoms with van der Waals surface area (Å²) in [5.74, 6) is 0.882. The fraction of sp³-hybridized carbons (Fsp3) is 0.333. The number of benzene rings is 2. The van der Waals surface area contributed by atoms with Crippen molar-refractivity contribution in [2.24, 2.45) is 0 Å². The maximum absolute atomic E-state index is 13.3. The Bertz CT molecular complexity index is 962. The van der Waals surface area contributed by atoms with E-state index < -0.39 is 6.04 Å². The lowest BCUT2D eigenvalue weighted by Gasteiger charge is -2.34. The number of Topliss-reactive ketones (excluding diaryl/α,β-unsaturated/α-hetero) is 1. The number of ether oxygens (including phenoxy) is 1. The van der Waals surface area contributed by atoms with Gasteiger partial charge in [0.15, 0.2) is 5.78 Å². The van der Waals surface area contributed by atoms with E-state index in [0.29, 0.717) is 18.4 Å². The third-order valence-corrected chi connectivity index (χ3v) is 5.60. The van der Waals surface area contributed by atoms with E-state index in [9.17, 15) is 9.59 Å². The molecule has 0 saturated carbocycles. The number of hydrogen-bond donors (Lipinski definition) is 1. The van der Waals surface area contributed by atoms with Crippen LogP contribution in [0.1, 0.15) is 50.6 Å². The summed E-state index contributed by atoms with van der Waals surface area (Å²) in [6.45, 7) is 2.00. The molecule has 2 aliphatic rings. The number of nitrogens with one attached hydrogen (secondary N) is 1. The van der Waals surface area contributed by atoms with Crippen LogP contribution < -0.4 is 15.0 Å². The van der Waals surface area contributed by atoms with Crippen molar-refractivity contribution in [1.29, 1.82) is 0 Å². The Labute approximate surface area is 171 Å². The van der Waals surface area contributed by atoms with Crippen LogP contribution in [0.15, 0.2) is 59.8 Å². The minimum atomic E-state index is -0.445. The van der Waals surface area contributed by atoms with Crippen molar-refractivity contribution in [3.05, 3.63) is 65.4 Å². The van der Waals surface area contributed by atoms with Gasteiger partial charge >= 0.3 is 0 Å². The van der Waals surface area contributed by atoms with Crippen molar-refractivity contribution >= 4 is 23.1 Å². The van der Waals surface area contributed by atoms with Gasteiger partial charge in [-0.1, -0.05) is 31.2 Å². The average Bonchev–Trinajstić information content (AvgIpc) is 2.89. The van der Waals surface area contributed by atoms with Gasteiger partial charge in [0.05, 0.1) is 24.5 Å². The average molecular weight is 390 g/mol. The van der Waals surface area contributed by atoms with Crippen LogP contribution in [0.3, 0.4) is 0 Å². The first kappa shape index (κ1) is 19.2. The number of para-hydroxylation sites is 2. The van der Waals surface area contributed by atoms with E-state index in [-0.39, 0.29) is 11.7 Å². The molecule has 0 unspecified atom stereocenters. The molecule has 0 spiro atoms. The number of ketones is 1. The third-order valence-electron chi connectivity index (χ3n) is 5.60. The van der Waals surface area contributed by atoms with Gasteiger partial charge in [0, 0.05) is 24.1 Å². The molecule has 0 aromatic heterocycles. The molecule has 2 aromatic rings. The minimum Gasteiger partial charge on any atom is -0.497 e. The van der Waals surface area contributed by atoms with Gasteiger partial charge in [-0.2, -0.15) is 0 Å². The first-order valence-electron chi connectivity index (χ1n) is 10.2. The summed E-state index contributed by atoms with van der Waals surface area (Å²) in [6.07, 6.45) is 3.32. The highest BCUT2D eigenvalue weighted by Crippen LogP contribution is 2.45. The van der Waals surface area contributed by atoms with Crippen LogP contribution in [-0.4, -0.2) is 18.8 Å². The van der Waals surface area contributed by atoms with Crippen molar-refractivity contribution in [2.45, 2.75) is 45.1 Å². The Balaban J connectivity index is 1.95. The number of fused-ring (bicyclic) bond motifs is 1. The highest BCUT2D eigenvalue weighted by atomic mass is 16.5. The van der Waals surface area contributed by atoms with Crippen LogP contribution >= 0.6 is 0 Å². The molecule has 0 fully saturated rings. The van der Waals surface area contributed by atoms with E-state index in [2.05, 4.69) is 5.32 Å². The molecule has 5 heteroatoms. The van der Waals surface area contributed by atoms with Crippen LogP contribution in [0.2, 0.25) is 0 Å². The second kappa shape index (κ2) is 8.11. The topological polar surface area (TPSA) is 58.6 Å². The number of carbonyl (C=O) groups is 2. The lowest BCUT2D eigenvalue weighted by atomic mass is 9.85. The van der Waals surface area contributed by atoms with Crippen molar-refractivity contribution in [3.63, 3.8) is 0 Å². The van der Waals surface area contributed by atoms with Crippen LogP contribution in [0.5, 0.6) is 5.75 Å². The summed E-state index contributed by atoms with van der Waals surface area (Å²) in [4.78, 5) is 28.3. The molecule has 1 heterocycles. The summed E-state index contributed by atoms with van der Waals surface area (Å²) >= 11 is 0. The summed E-state index contributed by atoms with van der Waals surface area (Å²) in [5, 5.41) is 3.48. The molecule has 0 saturated heterocycles. The number of nitrogens with zero attached hydrogens (tertiary/aromatic N) is 1. The molecule has 0 bridgehead atoms. The predicted octanol–water partition coefficient (Wildman–Crippen LogP) is 5.00. The highest BCUT2D eigenvalue weighted by molar-refractivity contribution is 6.06. The Hall–Kier alpha value is -3.08. The number of rotatable bonds is 4. The molecule has 0 radical (unpaired) electrons. The van der Waals surface area contributed by atoms with Crippen molar-refractivity contribution < 1.29 is 14.3 Å². The minimum absolute atomic E-state index is 0.0229. The lowest BCUT2D eigenvalue weighted by Crippen LogP contribution is -2.37. The van der Waals surface area contributed by atoms with E-state index in [1.165, 1.54) is 0 Å². The molecule has 1 atom stereocenters. The van der Waals surface area contributed by atoms with Gasteiger partial charge in [-0.3, -0.25) is 14.5 Å². The smallest absolute Gasteiger partial charge is 0.227 e. The van der Waals surface area contributed by atoms with Crippen molar-refractivity contribution in [1.82, 2.24) is 0 Å². The summed E-state index contributed by atoms with van der Waals surface area (Å²) in [7, 11) is 1.63. The van der Waals surface area contributed by atoms with Gasteiger partial charge in [0.2, 0.25) is 5.91 Å². The largest absolute Gasteiger partial charge is 0.497 e. The van der Waals surface area contributed by atoms with Crippen molar-refractivity contribution in [2.75, 3.05) is 17.3 Å². The second-order valence-electron chi connectivity index (χ2n) is 7.50. The number of hydrogen-bond acceptors (Lipinski definition) is 4. The highest BCUT2D eigenvalue weighted by Gasteiger charge is 2.39. The lowest BCUT2D eigenvalue weighted by molar-refractivity contribution is -0.119. The van der Waals surface area contributed by atoms with E-state index in [4.69, 9.17) is 4.74 Å². The molecular formula is C24H26N2O3. The quantitative estimate of drug-likeness (QED) is 0.798. The number of methoxy groups -OCH3 is 1. The molecule has 4 rings (SSSR count). The predicted molar refractivity (Wildman–Crippen MR) is 114 cm³/mol. The van der Waals surface area contributed by atoms with Crippen LogP contribution in [-0.2, 0) is 9.59 Å². The van der Waals surface area contributed by atoms with Crippen LogP contribution in [0.25, 0.3) is 0 Å². The maximum atomic E-state index is 13.3. The molecular weight excluding hydrogens is 364 g/mol. The second-order valence-corrected chi connectivity index (χ2v) is 7.50. The van der Waals surface area contributed by atoms with Gasteiger partial charge in [0.1, 0.15) is 5.75 Å². The van der Waals surface area contributed by atoms with Gasteiger partial charge in [-0.25, -0.2) is 0 Å². The van der Waals surface area contributed by atoms with Gasteiger partial charge in [0.25, 0.3) is 0 Å². The molecule has 1 aliphatic carbocycles. The Morgan fingerprint density at radius 3 is 2.62 bits per heavy atom. The zero-order valence-electron chi connectivity index (χ0n) is 16.9. The normalized spacial score (nSPS) is 18.5. The number of allylic oxidation sites excluding steroid dienone is 1. The maximum Gasteiger partial charge on any atom is 0.227 e. The molecule has 29 heavy (non-hydrogen) atoms. The SMILES string of the molecule is CCCC(=O)N1c2ccccc2NC2=C(C(=O)CCC2)[C@@H]1c1ccc(OC)cc1. The Morgan fingerprint density at radius 1 is 1.14 bits per heavy atom. The summed E-state index contributed by atoms with van der Waals surface area (Å²) < 4.78 is 5.31. The standard InChI is InChI=1S/C24H26N2O3/c1-3-7-22(28)26-20-10-5-4-8-18(20)25-19-9-6-11-21(27)23(19)24(26)16-12-14-17(29-2)15-13-16/h4-5,8,10,12-15,24-25H,3,6-7,9,11H2,1-2H3/t24-/m0/s1. The summed E-state index contributed by atoms with van der Waals surface area (Å²) in [6, 6.07) is 15.0. The number of anilines is 2. The molecule has 5 nitrogen and oxygen atoms in total. The number of carbonyl (C=O) groups excluding carboxylic acids is 2.